The van der Waals surface area contributed by atoms with Gasteiger partial charge in [0.25, 0.3) is 0 Å². The van der Waals surface area contributed by atoms with Crippen molar-refractivity contribution >= 4 is 50.8 Å². The summed E-state index contributed by atoms with van der Waals surface area (Å²) in [5, 5.41) is 4.81. The number of nitrogens with zero attached hydrogens (tertiary/aromatic N) is 6. The first-order valence-corrected chi connectivity index (χ1v) is 18.4. The molecule has 0 bridgehead atoms. The first-order valence-electron chi connectivity index (χ1n) is 16.7. The Kier molecular flexibility index (Phi) is 9.49. The Hall–Kier alpha value is -3.18. The third kappa shape index (κ3) is 6.63. The van der Waals surface area contributed by atoms with Crippen LogP contribution in [0.25, 0.3) is 22.2 Å². The summed E-state index contributed by atoms with van der Waals surface area (Å²) in [6, 6.07) is 15.0. The van der Waals surface area contributed by atoms with Gasteiger partial charge in [-0.2, -0.15) is 0 Å². The molecule has 2 aromatic carbocycles. The first kappa shape index (κ1) is 31.4. The van der Waals surface area contributed by atoms with Gasteiger partial charge in [0.2, 0.25) is 5.95 Å². The number of rotatable bonds is 9. The highest BCUT2D eigenvalue weighted by atomic mass is 35.5. The number of ether oxygens (including phenoxy) is 1. The zero-order chi connectivity index (χ0) is 31.6. The second-order valence-corrected chi connectivity index (χ2v) is 14.8. The highest BCUT2D eigenvalue weighted by Crippen LogP contribution is 2.38. The second kappa shape index (κ2) is 13.9. The molecule has 0 radical (unpaired) electrons. The molecule has 7 rings (SSSR count). The predicted octanol–water partition coefficient (Wildman–Crippen LogP) is 6.56. The molecule has 11 heteroatoms. The van der Waals surface area contributed by atoms with Gasteiger partial charge in [0, 0.05) is 80.0 Å². The molecule has 9 nitrogen and oxygen atoms in total. The van der Waals surface area contributed by atoms with E-state index in [1.54, 1.807) is 10.2 Å². The fourth-order valence-corrected chi connectivity index (χ4v) is 8.26. The minimum atomic E-state index is -1.18. The number of nitrogens with one attached hydrogen (secondary N) is 1. The standard InChI is InChI=1S/C35H44ClN7O2S/c1-3-46(44)43-24-29(28-10-6-7-11-31(28)43)34-30(36)23-37-35(39-34)38-25-12-13-32(33(22-25)45-27-8-4-5-9-27)42-16-14-26(15-17-42)41-20-18-40(2)19-21-41/h6-7,10-13,22-24,26-27H,3-5,8-9,14-21H2,1-2H3,(H,37,38,39). The monoisotopic (exact) mass is 661 g/mol. The van der Waals surface area contributed by atoms with Gasteiger partial charge in [-0.15, -0.1) is 0 Å². The van der Waals surface area contributed by atoms with Crippen LogP contribution in [0.4, 0.5) is 17.3 Å². The second-order valence-electron chi connectivity index (χ2n) is 12.8. The van der Waals surface area contributed by atoms with Crippen LogP contribution in [0.15, 0.2) is 54.9 Å². The quantitative estimate of drug-likeness (QED) is 0.216. The summed E-state index contributed by atoms with van der Waals surface area (Å²) in [5.41, 5.74) is 4.35. The van der Waals surface area contributed by atoms with Crippen molar-refractivity contribution in [3.8, 4) is 17.0 Å². The molecule has 244 valence electrons. The lowest BCUT2D eigenvalue weighted by Gasteiger charge is -2.43. The van der Waals surface area contributed by atoms with Gasteiger partial charge < -0.3 is 19.9 Å². The fourth-order valence-electron chi connectivity index (χ4n) is 7.18. The van der Waals surface area contributed by atoms with Crippen LogP contribution >= 0.6 is 11.6 Å². The van der Waals surface area contributed by atoms with Gasteiger partial charge in [0.15, 0.2) is 0 Å². The van der Waals surface area contributed by atoms with E-state index < -0.39 is 11.0 Å². The van der Waals surface area contributed by atoms with Crippen LogP contribution in [-0.4, -0.2) is 92.2 Å². The lowest BCUT2D eigenvalue weighted by Crippen LogP contribution is -2.52. The maximum atomic E-state index is 12.8. The Morgan fingerprint density at radius 1 is 1.00 bits per heavy atom. The van der Waals surface area contributed by atoms with Crippen molar-refractivity contribution in [3.63, 3.8) is 0 Å². The number of benzene rings is 2. The average molecular weight is 662 g/mol. The van der Waals surface area contributed by atoms with E-state index in [1.807, 2.05) is 37.4 Å². The molecule has 4 heterocycles. The molecule has 1 atom stereocenters. The Balaban J connectivity index is 1.13. The van der Waals surface area contributed by atoms with Crippen LogP contribution in [0, 0.1) is 0 Å². The minimum absolute atomic E-state index is 0.251. The summed E-state index contributed by atoms with van der Waals surface area (Å²) in [5.74, 6) is 1.88. The van der Waals surface area contributed by atoms with E-state index in [4.69, 9.17) is 21.3 Å². The number of halogens is 1. The molecule has 0 spiro atoms. The molecule has 1 aliphatic carbocycles. The topological polar surface area (TPSA) is 78.8 Å². The summed E-state index contributed by atoms with van der Waals surface area (Å²) >= 11 is 6.68. The zero-order valence-electron chi connectivity index (χ0n) is 26.8. The maximum absolute atomic E-state index is 12.8. The van der Waals surface area contributed by atoms with Gasteiger partial charge >= 0.3 is 0 Å². The first-order chi connectivity index (χ1) is 22.5. The van der Waals surface area contributed by atoms with E-state index in [2.05, 4.69) is 50.2 Å². The molecule has 1 N–H and O–H groups in total. The average Bonchev–Trinajstić information content (AvgIpc) is 3.74. The van der Waals surface area contributed by atoms with Crippen molar-refractivity contribution < 1.29 is 8.95 Å². The van der Waals surface area contributed by atoms with Crippen molar-refractivity contribution in [3.05, 3.63) is 59.9 Å². The van der Waals surface area contributed by atoms with Crippen molar-refractivity contribution in [1.29, 1.82) is 0 Å². The van der Waals surface area contributed by atoms with Crippen molar-refractivity contribution in [2.24, 2.45) is 0 Å². The maximum Gasteiger partial charge on any atom is 0.227 e. The van der Waals surface area contributed by atoms with Gasteiger partial charge in [0.1, 0.15) is 16.7 Å². The summed E-state index contributed by atoms with van der Waals surface area (Å²) in [4.78, 5) is 17.0. The van der Waals surface area contributed by atoms with Crippen LogP contribution in [0.2, 0.25) is 5.02 Å². The fraction of sp³-hybridized carbons (Fsp3) is 0.486. The van der Waals surface area contributed by atoms with E-state index in [9.17, 15) is 4.21 Å². The number of fused-ring (bicyclic) bond motifs is 1. The summed E-state index contributed by atoms with van der Waals surface area (Å²) < 4.78 is 21.3. The van der Waals surface area contributed by atoms with Gasteiger partial charge in [-0.05, 0) is 63.8 Å². The number of anilines is 3. The molecule has 4 aromatic rings. The molecule has 1 unspecified atom stereocenters. The Labute approximate surface area is 279 Å². The summed E-state index contributed by atoms with van der Waals surface area (Å²) in [7, 11) is 1.04. The van der Waals surface area contributed by atoms with E-state index in [0.717, 1.165) is 66.9 Å². The van der Waals surface area contributed by atoms with Crippen molar-refractivity contribution in [1.82, 2.24) is 23.7 Å². The van der Waals surface area contributed by atoms with E-state index in [1.165, 1.54) is 44.5 Å². The molecular weight excluding hydrogens is 618 g/mol. The largest absolute Gasteiger partial charge is 0.488 e. The van der Waals surface area contributed by atoms with Gasteiger partial charge in [-0.25, -0.2) is 14.2 Å². The SMILES string of the molecule is CCS(=O)n1cc(-c2nc(Nc3ccc(N4CCC(N5CCN(C)CC5)CC4)c(OC4CCCC4)c3)ncc2Cl)c2ccccc21. The van der Waals surface area contributed by atoms with Crippen LogP contribution < -0.4 is 15.0 Å². The van der Waals surface area contributed by atoms with Gasteiger partial charge in [-0.1, -0.05) is 36.7 Å². The normalized spacial score (nSPS) is 19.6. The van der Waals surface area contributed by atoms with Crippen molar-refractivity contribution in [2.75, 3.05) is 62.3 Å². The van der Waals surface area contributed by atoms with E-state index >= 15 is 0 Å². The molecule has 3 fully saturated rings. The number of para-hydroxylation sites is 1. The molecule has 2 saturated heterocycles. The number of piperidine rings is 1. The molecule has 3 aliphatic rings. The predicted molar refractivity (Wildman–Crippen MR) is 189 cm³/mol. The molecule has 0 amide bonds. The highest BCUT2D eigenvalue weighted by molar-refractivity contribution is 7.83. The van der Waals surface area contributed by atoms with Crippen LogP contribution in [0.1, 0.15) is 45.4 Å². The summed E-state index contributed by atoms with van der Waals surface area (Å²) in [6.07, 6.45) is 10.8. The molecule has 1 saturated carbocycles. The Bertz CT molecular complexity index is 1690. The third-order valence-corrected chi connectivity index (χ3v) is 11.3. The number of piperazine rings is 1. The van der Waals surface area contributed by atoms with E-state index in [-0.39, 0.29) is 6.10 Å². The van der Waals surface area contributed by atoms with E-state index in [0.29, 0.717) is 28.5 Å². The third-order valence-electron chi connectivity index (χ3n) is 9.81. The Morgan fingerprint density at radius 2 is 1.76 bits per heavy atom. The van der Waals surface area contributed by atoms with Crippen LogP contribution in [-0.2, 0) is 11.0 Å². The van der Waals surface area contributed by atoms with Gasteiger partial charge in [-0.3, -0.25) is 8.87 Å². The van der Waals surface area contributed by atoms with Crippen LogP contribution in [0.3, 0.4) is 0 Å². The smallest absolute Gasteiger partial charge is 0.227 e. The molecular formula is C35H44ClN7O2S. The van der Waals surface area contributed by atoms with Crippen LogP contribution in [0.5, 0.6) is 5.75 Å². The number of hydrogen-bond donors (Lipinski definition) is 1. The lowest BCUT2D eigenvalue weighted by atomic mass is 10.0. The molecule has 2 aliphatic heterocycles. The lowest BCUT2D eigenvalue weighted by molar-refractivity contribution is 0.0980. The minimum Gasteiger partial charge on any atom is -0.488 e. The summed E-state index contributed by atoms with van der Waals surface area (Å²) in [6.45, 7) is 8.65. The highest BCUT2D eigenvalue weighted by Gasteiger charge is 2.29. The molecule has 46 heavy (non-hydrogen) atoms. The number of likely N-dealkylation sites (N-methyl/N-ethyl adjacent to an activating group) is 1. The van der Waals surface area contributed by atoms with Crippen molar-refractivity contribution in [2.45, 2.75) is 57.6 Å². The molecule has 2 aromatic heterocycles. The number of hydrogen-bond acceptors (Lipinski definition) is 8. The van der Waals surface area contributed by atoms with Gasteiger partial charge in [0.05, 0.1) is 34.2 Å². The Morgan fingerprint density at radius 3 is 2.52 bits per heavy atom. The zero-order valence-corrected chi connectivity index (χ0v) is 28.4. The number of aromatic nitrogens is 3.